The van der Waals surface area contributed by atoms with Crippen molar-refractivity contribution in [1.29, 1.82) is 0 Å². The van der Waals surface area contributed by atoms with Crippen molar-refractivity contribution < 1.29 is 12.9 Å². The van der Waals surface area contributed by atoms with Gasteiger partial charge in [0.05, 0.1) is 5.69 Å². The second kappa shape index (κ2) is 14.8. The van der Waals surface area contributed by atoms with E-state index in [4.69, 9.17) is 12.9 Å². The molecule has 64 heavy (non-hydrogen) atoms. The third kappa shape index (κ3) is 7.05. The second-order valence-corrected chi connectivity index (χ2v) is 21.9. The van der Waals surface area contributed by atoms with Crippen LogP contribution in [0.5, 0.6) is 0 Å². The first-order valence-electron chi connectivity index (χ1n) is 24.7. The van der Waals surface area contributed by atoms with Gasteiger partial charge < -0.3 is 18.6 Å². The zero-order valence-electron chi connectivity index (χ0n) is 42.3. The molecule has 1 fully saturated rings. The molecule has 4 heteroatoms. The normalized spacial score (nSPS) is 19.6. The summed E-state index contributed by atoms with van der Waals surface area (Å²) in [5.41, 5.74) is 12.7. The number of furan rings is 2. The fourth-order valence-corrected chi connectivity index (χ4v) is 10.6. The number of aryl methyl sites for hydroxylation is 1. The Kier molecular flexibility index (Phi) is 8.88. The van der Waals surface area contributed by atoms with Crippen LogP contribution < -0.4 is 9.80 Å². The van der Waals surface area contributed by atoms with Gasteiger partial charge in [0, 0.05) is 59.7 Å². The molecule has 0 N–H and O–H groups in total. The molecule has 0 aliphatic heterocycles. The zero-order chi connectivity index (χ0) is 47.5. The van der Waals surface area contributed by atoms with Gasteiger partial charge in [0.25, 0.3) is 0 Å². The van der Waals surface area contributed by atoms with Gasteiger partial charge in [-0.15, -0.1) is 0 Å². The Hall–Kier alpha value is -6.00. The van der Waals surface area contributed by atoms with Crippen molar-refractivity contribution in [1.82, 2.24) is 0 Å². The lowest BCUT2D eigenvalue weighted by molar-refractivity contribution is 0.161. The largest absolute Gasteiger partial charge is 0.462 e. The van der Waals surface area contributed by atoms with Crippen LogP contribution in [0.15, 0.2) is 149 Å². The summed E-state index contributed by atoms with van der Waals surface area (Å²) in [6.45, 7) is 20.2. The van der Waals surface area contributed by atoms with Crippen molar-refractivity contribution in [3.8, 4) is 0 Å². The van der Waals surface area contributed by atoms with Gasteiger partial charge in [-0.1, -0.05) is 130 Å². The highest BCUT2D eigenvalue weighted by atomic mass is 16.3. The van der Waals surface area contributed by atoms with Gasteiger partial charge in [-0.3, -0.25) is 0 Å². The Bertz CT molecular complexity index is 3130. The fourth-order valence-electron chi connectivity index (χ4n) is 10.6. The van der Waals surface area contributed by atoms with Crippen molar-refractivity contribution in [2.24, 2.45) is 0 Å². The van der Waals surface area contributed by atoms with Gasteiger partial charge in [0.1, 0.15) is 23.2 Å². The van der Waals surface area contributed by atoms with E-state index >= 15 is 0 Å². The number of nitrogens with zero attached hydrogens (tertiary/aromatic N) is 2. The third-order valence-corrected chi connectivity index (χ3v) is 15.0. The molecule has 3 aliphatic carbocycles. The van der Waals surface area contributed by atoms with Crippen LogP contribution in [0.25, 0.3) is 21.9 Å². The highest BCUT2D eigenvalue weighted by Crippen LogP contribution is 2.59. The number of fused-ring (bicyclic) bond motifs is 4. The fraction of sp³-hybridized carbons (Fsp3) is 0.333. The summed E-state index contributed by atoms with van der Waals surface area (Å²) < 4.78 is 40.2. The molecule has 3 aliphatic rings. The smallest absolute Gasteiger partial charge is 0.136 e. The molecule has 8 aromatic rings. The molecule has 0 radical (unpaired) electrons. The maximum absolute atomic E-state index is 8.98. The molecular weight excluding hydrogens is 781 g/mol. The molecule has 326 valence electrons. The average Bonchev–Trinajstić information content (AvgIpc) is 3.90. The Balaban J connectivity index is 1.21. The minimum absolute atomic E-state index is 0.0293. The van der Waals surface area contributed by atoms with Gasteiger partial charge in [-0.2, -0.15) is 0 Å². The summed E-state index contributed by atoms with van der Waals surface area (Å²) in [6, 6.07) is 46.8. The lowest BCUT2D eigenvalue weighted by atomic mass is 9.54. The maximum Gasteiger partial charge on any atom is 0.136 e. The van der Waals surface area contributed by atoms with Crippen LogP contribution in [-0.4, -0.2) is 0 Å². The van der Waals surface area contributed by atoms with Gasteiger partial charge in [-0.25, -0.2) is 0 Å². The first-order valence-corrected chi connectivity index (χ1v) is 23.2. The molecule has 6 aromatic carbocycles. The SMILES string of the molecule is [2H]C([2H])([2H])c1cc(N(c2ccc(C(C)(C)C)cc2)c2ccc3oc4c(c3c2)C2(C)CCC4(C)CC2)cc(N(c2ccc(C(C)(C)C)cc2)c2coc3ccc(C(C)(C)c4ccccc4)cc23)c1. The van der Waals surface area contributed by atoms with E-state index in [0.717, 1.165) is 87.4 Å². The molecule has 2 aromatic heterocycles. The maximum atomic E-state index is 8.98. The Morgan fingerprint density at radius 3 is 1.66 bits per heavy atom. The molecule has 2 heterocycles. The van der Waals surface area contributed by atoms with E-state index < -0.39 is 6.85 Å². The van der Waals surface area contributed by atoms with Gasteiger partial charge in [-0.05, 0) is 149 Å². The van der Waals surface area contributed by atoms with Crippen LogP contribution in [0.1, 0.15) is 138 Å². The molecule has 4 nitrogen and oxygen atoms in total. The van der Waals surface area contributed by atoms with E-state index in [1.54, 1.807) is 0 Å². The minimum Gasteiger partial charge on any atom is -0.462 e. The van der Waals surface area contributed by atoms with Crippen molar-refractivity contribution >= 4 is 56.1 Å². The second-order valence-electron chi connectivity index (χ2n) is 21.9. The van der Waals surface area contributed by atoms with Crippen LogP contribution in [-0.2, 0) is 27.1 Å². The predicted octanol–water partition coefficient (Wildman–Crippen LogP) is 17.5. The minimum atomic E-state index is -2.42. The van der Waals surface area contributed by atoms with Crippen LogP contribution in [0.4, 0.5) is 34.1 Å². The molecule has 0 amide bonds. The molecule has 1 saturated carbocycles. The number of benzene rings is 6. The summed E-state index contributed by atoms with van der Waals surface area (Å²) in [5, 5.41) is 2.08. The summed E-state index contributed by atoms with van der Waals surface area (Å²) >= 11 is 0. The van der Waals surface area contributed by atoms with Crippen molar-refractivity contribution in [3.05, 3.63) is 179 Å². The summed E-state index contributed by atoms with van der Waals surface area (Å²) in [4.78, 5) is 4.40. The molecule has 0 atom stereocenters. The molecular formula is C60H64N2O2. The number of hydrogen-bond acceptors (Lipinski definition) is 4. The van der Waals surface area contributed by atoms with Crippen LogP contribution in [0, 0.1) is 6.85 Å². The van der Waals surface area contributed by atoms with E-state index in [9.17, 15) is 0 Å². The van der Waals surface area contributed by atoms with Gasteiger partial charge >= 0.3 is 0 Å². The number of hydrogen-bond donors (Lipinski definition) is 0. The molecule has 0 unspecified atom stereocenters. The third-order valence-electron chi connectivity index (χ3n) is 15.0. The Labute approximate surface area is 385 Å². The molecule has 11 rings (SSSR count). The quantitative estimate of drug-likeness (QED) is 0.152. The average molecular weight is 848 g/mol. The molecule has 2 bridgehead atoms. The van der Waals surface area contributed by atoms with Gasteiger partial charge in [0.2, 0.25) is 0 Å². The lowest BCUT2D eigenvalue weighted by Crippen LogP contribution is -2.43. The standard InChI is InChI=1S/C60H64N2O2/c1-39-33-47(61(44-22-17-40(18-23-44)56(2,3)4)46-26-28-53-50(37-46)54-55(64-53)60(11)31-29-59(54,10)30-32-60)36-48(34-39)62(45-24-19-41(20-25-45)57(5,6)7)51-38-63-52-27-21-43(35-49(51)52)58(8,9)42-15-13-12-14-16-42/h12-28,33-38H,29-32H2,1-11H3/i1D3. The Morgan fingerprint density at radius 2 is 1.05 bits per heavy atom. The summed E-state index contributed by atoms with van der Waals surface area (Å²) in [5.74, 6) is 1.14. The lowest BCUT2D eigenvalue weighted by Gasteiger charge is -2.49. The first-order chi connectivity index (χ1) is 31.5. The van der Waals surface area contributed by atoms with E-state index in [0.29, 0.717) is 5.69 Å². The van der Waals surface area contributed by atoms with Crippen LogP contribution >= 0.6 is 0 Å². The highest BCUT2D eigenvalue weighted by Gasteiger charge is 2.51. The zero-order valence-corrected chi connectivity index (χ0v) is 39.3. The summed E-state index contributed by atoms with van der Waals surface area (Å²) in [6.07, 6.45) is 6.36. The van der Waals surface area contributed by atoms with Crippen molar-refractivity contribution in [2.75, 3.05) is 9.80 Å². The summed E-state index contributed by atoms with van der Waals surface area (Å²) in [7, 11) is 0. The van der Waals surface area contributed by atoms with Crippen molar-refractivity contribution in [2.45, 2.75) is 129 Å². The number of anilines is 6. The van der Waals surface area contributed by atoms with E-state index in [-0.39, 0.29) is 32.6 Å². The van der Waals surface area contributed by atoms with Crippen LogP contribution in [0.3, 0.4) is 0 Å². The molecule has 0 saturated heterocycles. The predicted molar refractivity (Wildman–Crippen MR) is 269 cm³/mol. The highest BCUT2D eigenvalue weighted by molar-refractivity contribution is 5.98. The van der Waals surface area contributed by atoms with Gasteiger partial charge in [0.15, 0.2) is 0 Å². The van der Waals surface area contributed by atoms with E-state index in [1.165, 1.54) is 22.3 Å². The first kappa shape index (κ1) is 38.5. The Morgan fingerprint density at radius 1 is 0.500 bits per heavy atom. The monoisotopic (exact) mass is 848 g/mol. The topological polar surface area (TPSA) is 32.8 Å². The van der Waals surface area contributed by atoms with Crippen LogP contribution in [0.2, 0.25) is 0 Å². The molecule has 0 spiro atoms. The van der Waals surface area contributed by atoms with Crippen molar-refractivity contribution in [3.63, 3.8) is 0 Å². The van der Waals surface area contributed by atoms with E-state index in [1.807, 2.05) is 18.4 Å². The van der Waals surface area contributed by atoms with E-state index in [2.05, 4.69) is 200 Å². The number of rotatable bonds is 8.